The Hall–Kier alpha value is -0.123. The molecule has 1 saturated heterocycles. The van der Waals surface area contributed by atoms with Crippen molar-refractivity contribution < 1.29 is 4.74 Å². The minimum atomic E-state index is -1.16. The van der Waals surface area contributed by atoms with E-state index in [0.29, 0.717) is 0 Å². The molecule has 98 valence electrons. The summed E-state index contributed by atoms with van der Waals surface area (Å²) in [5.41, 5.74) is 0. The summed E-state index contributed by atoms with van der Waals surface area (Å²) in [6, 6.07) is 0.730. The summed E-state index contributed by atoms with van der Waals surface area (Å²) < 4.78 is 5.49. The molecule has 0 N–H and O–H groups in total. The summed E-state index contributed by atoms with van der Waals surface area (Å²) in [5, 5.41) is 1.80. The number of nitrogens with zero attached hydrogens (tertiary/aromatic N) is 1. The van der Waals surface area contributed by atoms with Crippen molar-refractivity contribution in [2.45, 2.75) is 51.4 Å². The van der Waals surface area contributed by atoms with Crippen LogP contribution < -0.4 is 0 Å². The minimum Gasteiger partial charge on any atom is -0.379 e. The standard InChI is InChI=1S/C14H27NOSi/c1-17(2,3)14-8-6-4-5-7-13(14)15-9-11-16-12-10-15/h8,13H,4-7,9-12H2,1-3H3. The van der Waals surface area contributed by atoms with E-state index in [1.807, 2.05) is 0 Å². The maximum Gasteiger partial charge on any atom is 0.0740 e. The van der Waals surface area contributed by atoms with Gasteiger partial charge in [0.05, 0.1) is 21.3 Å². The van der Waals surface area contributed by atoms with E-state index in [4.69, 9.17) is 4.74 Å². The fourth-order valence-electron chi connectivity index (χ4n) is 3.11. The number of rotatable bonds is 2. The van der Waals surface area contributed by atoms with Crippen molar-refractivity contribution in [3.63, 3.8) is 0 Å². The van der Waals surface area contributed by atoms with Gasteiger partial charge in [-0.1, -0.05) is 37.3 Å². The summed E-state index contributed by atoms with van der Waals surface area (Å²) in [7, 11) is -1.16. The first-order valence-corrected chi connectivity index (χ1v) is 10.6. The predicted molar refractivity (Wildman–Crippen MR) is 76.1 cm³/mol. The quantitative estimate of drug-likeness (QED) is 0.701. The van der Waals surface area contributed by atoms with Crippen LogP contribution in [0.4, 0.5) is 0 Å². The van der Waals surface area contributed by atoms with Gasteiger partial charge in [0.2, 0.25) is 0 Å². The average molecular weight is 253 g/mol. The maximum atomic E-state index is 5.49. The maximum absolute atomic E-state index is 5.49. The molecule has 2 nitrogen and oxygen atoms in total. The van der Waals surface area contributed by atoms with E-state index >= 15 is 0 Å². The normalized spacial score (nSPS) is 28.6. The van der Waals surface area contributed by atoms with Crippen LogP contribution in [0.2, 0.25) is 19.6 Å². The fraction of sp³-hybridized carbons (Fsp3) is 0.857. The molecule has 0 aromatic heterocycles. The zero-order valence-electron chi connectivity index (χ0n) is 11.7. The Morgan fingerprint density at radius 3 is 2.53 bits per heavy atom. The van der Waals surface area contributed by atoms with Crippen molar-refractivity contribution in [1.29, 1.82) is 0 Å². The van der Waals surface area contributed by atoms with E-state index in [2.05, 4.69) is 30.6 Å². The van der Waals surface area contributed by atoms with Gasteiger partial charge in [-0.25, -0.2) is 0 Å². The summed E-state index contributed by atoms with van der Waals surface area (Å²) in [6.07, 6.45) is 8.04. The molecule has 17 heavy (non-hydrogen) atoms. The average Bonchev–Trinajstić information content (AvgIpc) is 2.54. The molecule has 1 heterocycles. The molecule has 2 aliphatic rings. The second-order valence-corrected chi connectivity index (χ2v) is 11.4. The van der Waals surface area contributed by atoms with Gasteiger partial charge in [0, 0.05) is 19.1 Å². The topological polar surface area (TPSA) is 12.5 Å². The second-order valence-electron chi connectivity index (χ2n) is 6.36. The first-order chi connectivity index (χ1) is 8.09. The summed E-state index contributed by atoms with van der Waals surface area (Å²) in [4.78, 5) is 2.68. The molecule has 0 aromatic carbocycles. The highest BCUT2D eigenvalue weighted by Gasteiger charge is 2.32. The molecule has 0 saturated carbocycles. The lowest BCUT2D eigenvalue weighted by Gasteiger charge is -2.39. The van der Waals surface area contributed by atoms with Gasteiger partial charge >= 0.3 is 0 Å². The molecule has 1 aliphatic carbocycles. The van der Waals surface area contributed by atoms with Gasteiger partial charge in [0.15, 0.2) is 0 Å². The molecule has 1 aliphatic heterocycles. The Labute approximate surface area is 107 Å². The zero-order chi connectivity index (χ0) is 12.3. The van der Waals surface area contributed by atoms with Gasteiger partial charge in [-0.3, -0.25) is 4.90 Å². The van der Waals surface area contributed by atoms with Crippen molar-refractivity contribution in [2.75, 3.05) is 26.3 Å². The lowest BCUT2D eigenvalue weighted by molar-refractivity contribution is 0.0231. The Morgan fingerprint density at radius 2 is 1.88 bits per heavy atom. The van der Waals surface area contributed by atoms with Crippen molar-refractivity contribution >= 4 is 8.07 Å². The van der Waals surface area contributed by atoms with Crippen molar-refractivity contribution in [3.05, 3.63) is 11.3 Å². The lowest BCUT2D eigenvalue weighted by atomic mass is 10.1. The van der Waals surface area contributed by atoms with E-state index in [1.165, 1.54) is 25.7 Å². The molecule has 0 bridgehead atoms. The smallest absolute Gasteiger partial charge is 0.0740 e. The third kappa shape index (κ3) is 3.43. The largest absolute Gasteiger partial charge is 0.379 e. The first kappa shape index (κ1) is 13.3. The van der Waals surface area contributed by atoms with Gasteiger partial charge in [-0.05, 0) is 19.3 Å². The Morgan fingerprint density at radius 1 is 1.18 bits per heavy atom. The third-order valence-electron chi connectivity index (χ3n) is 4.01. The van der Waals surface area contributed by atoms with Crippen molar-refractivity contribution in [2.24, 2.45) is 0 Å². The molecular formula is C14H27NOSi. The fourth-order valence-corrected chi connectivity index (χ4v) is 5.19. The van der Waals surface area contributed by atoms with E-state index in [0.717, 1.165) is 32.3 Å². The second kappa shape index (κ2) is 5.68. The van der Waals surface area contributed by atoms with Gasteiger partial charge in [-0.15, -0.1) is 0 Å². The van der Waals surface area contributed by atoms with Crippen molar-refractivity contribution in [3.8, 4) is 0 Å². The van der Waals surface area contributed by atoms with E-state index < -0.39 is 8.07 Å². The van der Waals surface area contributed by atoms with Gasteiger partial charge in [-0.2, -0.15) is 0 Å². The van der Waals surface area contributed by atoms with Gasteiger partial charge in [0.25, 0.3) is 0 Å². The van der Waals surface area contributed by atoms with Crippen LogP contribution in [-0.4, -0.2) is 45.3 Å². The molecule has 0 amide bonds. The minimum absolute atomic E-state index is 0.730. The predicted octanol–water partition coefficient (Wildman–Crippen LogP) is 3.07. The Kier molecular flexibility index (Phi) is 4.45. The van der Waals surface area contributed by atoms with E-state index in [1.54, 1.807) is 5.20 Å². The SMILES string of the molecule is C[Si](C)(C)C1=CCCCCC1N1CCOCC1. The van der Waals surface area contributed by atoms with E-state index in [-0.39, 0.29) is 0 Å². The molecule has 1 atom stereocenters. The highest BCUT2D eigenvalue weighted by atomic mass is 28.3. The van der Waals surface area contributed by atoms with Crippen molar-refractivity contribution in [1.82, 2.24) is 4.90 Å². The summed E-state index contributed by atoms with van der Waals surface area (Å²) >= 11 is 0. The number of morpholine rings is 1. The number of allylic oxidation sites excluding steroid dienone is 1. The highest BCUT2D eigenvalue weighted by molar-refractivity contribution is 6.83. The molecule has 3 heteroatoms. The van der Waals surface area contributed by atoms with Gasteiger partial charge in [0.1, 0.15) is 0 Å². The molecule has 0 aromatic rings. The van der Waals surface area contributed by atoms with Crippen LogP contribution in [0.15, 0.2) is 11.3 Å². The van der Waals surface area contributed by atoms with Gasteiger partial charge < -0.3 is 4.74 Å². The van der Waals surface area contributed by atoms with Crippen LogP contribution in [0, 0.1) is 0 Å². The molecule has 1 unspecified atom stereocenters. The number of ether oxygens (including phenoxy) is 1. The number of hydrogen-bond acceptors (Lipinski definition) is 2. The van der Waals surface area contributed by atoms with Crippen LogP contribution in [-0.2, 0) is 4.74 Å². The van der Waals surface area contributed by atoms with E-state index in [9.17, 15) is 0 Å². The van der Waals surface area contributed by atoms with Crippen LogP contribution >= 0.6 is 0 Å². The molecular weight excluding hydrogens is 226 g/mol. The zero-order valence-corrected chi connectivity index (χ0v) is 12.7. The summed E-state index contributed by atoms with van der Waals surface area (Å²) in [5.74, 6) is 0. The first-order valence-electron chi connectivity index (χ1n) is 7.11. The Balaban J connectivity index is 2.15. The summed E-state index contributed by atoms with van der Waals surface area (Å²) in [6.45, 7) is 11.6. The van der Waals surface area contributed by atoms with Crippen LogP contribution in [0.1, 0.15) is 25.7 Å². The lowest BCUT2D eigenvalue weighted by Crippen LogP contribution is -2.48. The monoisotopic (exact) mass is 253 g/mol. The van der Waals surface area contributed by atoms with Crippen LogP contribution in [0.25, 0.3) is 0 Å². The molecule has 0 spiro atoms. The third-order valence-corrected chi connectivity index (χ3v) is 6.28. The van der Waals surface area contributed by atoms with Crippen LogP contribution in [0.5, 0.6) is 0 Å². The Bertz CT molecular complexity index is 276. The molecule has 0 radical (unpaired) electrons. The molecule has 1 fully saturated rings. The van der Waals surface area contributed by atoms with Crippen LogP contribution in [0.3, 0.4) is 0 Å². The highest BCUT2D eigenvalue weighted by Crippen LogP contribution is 2.30. The molecule has 2 rings (SSSR count). The number of hydrogen-bond donors (Lipinski definition) is 0.